The van der Waals surface area contributed by atoms with Gasteiger partial charge in [-0.1, -0.05) is 24.3 Å². The quantitative estimate of drug-likeness (QED) is 0.640. The van der Waals surface area contributed by atoms with Crippen LogP contribution in [0.2, 0.25) is 0 Å². The summed E-state index contributed by atoms with van der Waals surface area (Å²) in [5.74, 6) is -2.15. The molecule has 3 heterocycles. The monoisotopic (exact) mass is 314 g/mol. The molecule has 0 aliphatic carbocycles. The Balaban J connectivity index is 1.57. The van der Waals surface area contributed by atoms with E-state index in [0.717, 1.165) is 5.01 Å². The van der Waals surface area contributed by atoms with E-state index < -0.39 is 29.6 Å². The Bertz CT molecular complexity index is 714. The van der Waals surface area contributed by atoms with Crippen molar-refractivity contribution in [3.63, 3.8) is 0 Å². The fraction of sp³-hybridized carbons (Fsp3) is 0.312. The van der Waals surface area contributed by atoms with Crippen molar-refractivity contribution < 1.29 is 23.9 Å². The normalized spacial score (nSPS) is 30.7. The summed E-state index contributed by atoms with van der Waals surface area (Å²) in [6, 6.07) is 6.61. The zero-order valence-electron chi connectivity index (χ0n) is 12.3. The van der Waals surface area contributed by atoms with Crippen LogP contribution in [0.25, 0.3) is 0 Å². The number of carbonyl (C=O) groups excluding carboxylic acids is 3. The van der Waals surface area contributed by atoms with E-state index in [2.05, 4.69) is 5.43 Å². The van der Waals surface area contributed by atoms with E-state index in [4.69, 9.17) is 9.47 Å². The molecule has 0 radical (unpaired) electrons. The molecule has 0 saturated carbocycles. The van der Waals surface area contributed by atoms with Crippen LogP contribution in [-0.4, -0.2) is 42.0 Å². The number of para-hydroxylation sites is 1. The number of benzene rings is 1. The summed E-state index contributed by atoms with van der Waals surface area (Å²) in [7, 11) is 1.45. The topological polar surface area (TPSA) is 84.9 Å². The predicted octanol–water partition coefficient (Wildman–Crippen LogP) is 0.278. The summed E-state index contributed by atoms with van der Waals surface area (Å²) in [6.45, 7) is 0. The molecular weight excluding hydrogens is 300 g/mol. The van der Waals surface area contributed by atoms with Crippen LogP contribution in [0.3, 0.4) is 0 Å². The summed E-state index contributed by atoms with van der Waals surface area (Å²) < 4.78 is 10.7. The molecule has 1 aromatic rings. The Hall–Kier alpha value is -2.67. The fourth-order valence-corrected chi connectivity index (χ4v) is 3.41. The van der Waals surface area contributed by atoms with Crippen LogP contribution in [0, 0.1) is 11.8 Å². The zero-order valence-corrected chi connectivity index (χ0v) is 12.3. The van der Waals surface area contributed by atoms with Crippen molar-refractivity contribution in [3.05, 3.63) is 42.0 Å². The highest BCUT2D eigenvalue weighted by molar-refractivity contribution is 6.09. The number of methoxy groups -OCH3 is 1. The average molecular weight is 314 g/mol. The lowest BCUT2D eigenvalue weighted by Gasteiger charge is -2.18. The Morgan fingerprint density at radius 3 is 2.35 bits per heavy atom. The van der Waals surface area contributed by atoms with Gasteiger partial charge in [0.25, 0.3) is 17.7 Å². The SMILES string of the molecule is COc1ccccc1C(=O)NN1C(=O)[C@@H]2[C@H](C1=O)[C@@H]1C=C[C@H]2O1. The Morgan fingerprint density at radius 2 is 1.74 bits per heavy atom. The summed E-state index contributed by atoms with van der Waals surface area (Å²) in [5, 5.41) is 0.819. The van der Waals surface area contributed by atoms with E-state index in [1.54, 1.807) is 36.4 Å². The largest absolute Gasteiger partial charge is 0.496 e. The molecule has 1 N–H and O–H groups in total. The number of nitrogens with one attached hydrogen (secondary N) is 1. The standard InChI is InChI=1S/C16H14N2O5/c1-22-9-5-3-2-4-8(9)14(19)17-18-15(20)12-10-6-7-11(23-10)13(12)16(18)21/h2-7,10-13H,1H3,(H,17,19)/t10-,11+,12+,13-. The minimum absolute atomic E-state index is 0.255. The minimum Gasteiger partial charge on any atom is -0.496 e. The Morgan fingerprint density at radius 1 is 1.13 bits per heavy atom. The highest BCUT2D eigenvalue weighted by Crippen LogP contribution is 2.44. The van der Waals surface area contributed by atoms with Gasteiger partial charge in [-0.15, -0.1) is 0 Å². The smallest absolute Gasteiger partial charge is 0.274 e. The molecule has 2 saturated heterocycles. The third kappa shape index (κ3) is 1.90. The summed E-state index contributed by atoms with van der Waals surface area (Å²) in [5.41, 5.74) is 2.65. The van der Waals surface area contributed by atoms with Crippen LogP contribution < -0.4 is 10.2 Å². The first-order valence-corrected chi connectivity index (χ1v) is 7.27. The van der Waals surface area contributed by atoms with E-state index in [0.29, 0.717) is 5.75 Å². The molecule has 118 valence electrons. The number of nitrogens with zero attached hydrogens (tertiary/aromatic N) is 1. The number of ether oxygens (including phenoxy) is 2. The van der Waals surface area contributed by atoms with Crippen LogP contribution in [-0.2, 0) is 14.3 Å². The zero-order chi connectivity index (χ0) is 16.1. The first kappa shape index (κ1) is 14.0. The number of hydrogen-bond acceptors (Lipinski definition) is 5. The molecule has 2 bridgehead atoms. The maximum absolute atomic E-state index is 12.5. The van der Waals surface area contributed by atoms with Gasteiger partial charge in [0.15, 0.2) is 0 Å². The number of fused-ring (bicyclic) bond motifs is 5. The summed E-state index contributed by atoms with van der Waals surface area (Å²) >= 11 is 0. The van der Waals surface area contributed by atoms with E-state index >= 15 is 0 Å². The lowest BCUT2D eigenvalue weighted by atomic mass is 9.85. The van der Waals surface area contributed by atoms with Crippen LogP contribution >= 0.6 is 0 Å². The number of rotatable bonds is 3. The van der Waals surface area contributed by atoms with Gasteiger partial charge >= 0.3 is 0 Å². The van der Waals surface area contributed by atoms with Gasteiger partial charge in [0.2, 0.25) is 0 Å². The Labute approximate surface area is 131 Å². The molecule has 3 amide bonds. The minimum atomic E-state index is -0.564. The van der Waals surface area contributed by atoms with Crippen LogP contribution in [0.15, 0.2) is 36.4 Å². The van der Waals surface area contributed by atoms with E-state index in [1.165, 1.54) is 7.11 Å². The van der Waals surface area contributed by atoms with E-state index in [1.807, 2.05) is 0 Å². The number of imide groups is 1. The summed E-state index contributed by atoms with van der Waals surface area (Å²) in [6.07, 6.45) is 2.83. The van der Waals surface area contributed by atoms with Gasteiger partial charge in [0.1, 0.15) is 5.75 Å². The van der Waals surface area contributed by atoms with Gasteiger partial charge in [0, 0.05) is 0 Å². The summed E-state index contributed by atoms with van der Waals surface area (Å²) in [4.78, 5) is 37.3. The highest BCUT2D eigenvalue weighted by Gasteiger charge is 2.61. The van der Waals surface area contributed by atoms with Crippen LogP contribution in [0.4, 0.5) is 0 Å². The molecule has 0 unspecified atom stereocenters. The average Bonchev–Trinajstić information content (AvgIpc) is 3.24. The molecule has 1 aromatic carbocycles. The van der Waals surface area contributed by atoms with Crippen molar-refractivity contribution in [2.75, 3.05) is 7.11 Å². The second-order valence-electron chi connectivity index (χ2n) is 5.65. The van der Waals surface area contributed by atoms with Gasteiger partial charge in [-0.05, 0) is 12.1 Å². The highest BCUT2D eigenvalue weighted by atomic mass is 16.5. The second kappa shape index (κ2) is 4.92. The van der Waals surface area contributed by atoms with E-state index in [9.17, 15) is 14.4 Å². The maximum atomic E-state index is 12.5. The molecule has 3 aliphatic heterocycles. The number of amides is 3. The molecule has 23 heavy (non-hydrogen) atoms. The first-order chi connectivity index (χ1) is 11.1. The molecule has 2 fully saturated rings. The molecule has 0 aromatic heterocycles. The lowest BCUT2D eigenvalue weighted by molar-refractivity contribution is -0.145. The molecule has 3 aliphatic rings. The molecule has 7 nitrogen and oxygen atoms in total. The van der Waals surface area contributed by atoms with Gasteiger partial charge in [-0.25, -0.2) is 0 Å². The van der Waals surface area contributed by atoms with Crippen LogP contribution in [0.1, 0.15) is 10.4 Å². The number of carbonyl (C=O) groups is 3. The number of hydrogen-bond donors (Lipinski definition) is 1. The van der Waals surface area contributed by atoms with Gasteiger partial charge in [-0.3, -0.25) is 19.8 Å². The molecule has 0 spiro atoms. The third-order valence-electron chi connectivity index (χ3n) is 4.48. The van der Waals surface area contributed by atoms with Crippen molar-refractivity contribution in [1.29, 1.82) is 0 Å². The van der Waals surface area contributed by atoms with Crippen molar-refractivity contribution >= 4 is 17.7 Å². The first-order valence-electron chi connectivity index (χ1n) is 7.27. The van der Waals surface area contributed by atoms with Crippen molar-refractivity contribution in [2.45, 2.75) is 12.2 Å². The lowest BCUT2D eigenvalue weighted by Crippen LogP contribution is -2.48. The molecule has 7 heteroatoms. The van der Waals surface area contributed by atoms with Crippen molar-refractivity contribution in [3.8, 4) is 5.75 Å². The Kier molecular flexibility index (Phi) is 2.99. The molecular formula is C16H14N2O5. The van der Waals surface area contributed by atoms with Gasteiger partial charge < -0.3 is 9.47 Å². The van der Waals surface area contributed by atoms with Crippen LogP contribution in [0.5, 0.6) is 5.75 Å². The fourth-order valence-electron chi connectivity index (χ4n) is 3.41. The maximum Gasteiger partial charge on any atom is 0.274 e. The second-order valence-corrected chi connectivity index (χ2v) is 5.65. The predicted molar refractivity (Wildman–Crippen MR) is 77.1 cm³/mol. The van der Waals surface area contributed by atoms with Gasteiger partial charge in [0.05, 0.1) is 36.7 Å². The number of hydrazine groups is 1. The van der Waals surface area contributed by atoms with Crippen molar-refractivity contribution in [2.24, 2.45) is 11.8 Å². The van der Waals surface area contributed by atoms with Gasteiger partial charge in [-0.2, -0.15) is 5.01 Å². The van der Waals surface area contributed by atoms with E-state index in [-0.39, 0.29) is 17.8 Å². The molecule has 4 rings (SSSR count). The third-order valence-corrected chi connectivity index (χ3v) is 4.48. The molecule has 4 atom stereocenters. The van der Waals surface area contributed by atoms with Crippen molar-refractivity contribution in [1.82, 2.24) is 10.4 Å².